The lowest BCUT2D eigenvalue weighted by Gasteiger charge is -2.26. The van der Waals surface area contributed by atoms with Crippen LogP contribution in [0.2, 0.25) is 0 Å². The maximum Gasteiger partial charge on any atom is 0.238 e. The number of ether oxygens (including phenoxy) is 2. The number of hydrogen-bond donors (Lipinski definition) is 1. The summed E-state index contributed by atoms with van der Waals surface area (Å²) < 4.78 is 10.5. The standard InChI is InChI=1S/C18H28N2O3/c1-20(15-8-6-4-5-7-9-15)13-18(21)19-14-10-11-16(22-2)17(12-14)23-3/h10-12,15H,4-9,13H2,1-3H3,(H,19,21). The quantitative estimate of drug-likeness (QED) is 0.817. The van der Waals surface area contributed by atoms with Crippen molar-refractivity contribution in [2.75, 3.05) is 33.1 Å². The number of amides is 1. The molecule has 0 saturated heterocycles. The predicted octanol–water partition coefficient (Wildman–Crippen LogP) is 3.30. The average Bonchev–Trinajstić information content (AvgIpc) is 2.83. The smallest absolute Gasteiger partial charge is 0.238 e. The molecular formula is C18H28N2O3. The van der Waals surface area contributed by atoms with Gasteiger partial charge in [0, 0.05) is 17.8 Å². The van der Waals surface area contributed by atoms with Gasteiger partial charge in [-0.15, -0.1) is 0 Å². The van der Waals surface area contributed by atoms with Gasteiger partial charge in [0.15, 0.2) is 11.5 Å². The number of anilines is 1. The summed E-state index contributed by atoms with van der Waals surface area (Å²) in [4.78, 5) is 14.5. The summed E-state index contributed by atoms with van der Waals surface area (Å²) in [5, 5.41) is 2.94. The van der Waals surface area contributed by atoms with Crippen LogP contribution in [0.4, 0.5) is 5.69 Å². The van der Waals surface area contributed by atoms with Crippen molar-refractivity contribution in [1.82, 2.24) is 4.90 Å². The van der Waals surface area contributed by atoms with Crippen LogP contribution in [0.3, 0.4) is 0 Å². The van der Waals surface area contributed by atoms with Crippen molar-refractivity contribution in [2.24, 2.45) is 0 Å². The zero-order chi connectivity index (χ0) is 16.7. The van der Waals surface area contributed by atoms with Crippen LogP contribution in [0.25, 0.3) is 0 Å². The molecule has 5 nitrogen and oxygen atoms in total. The number of rotatable bonds is 6. The fourth-order valence-electron chi connectivity index (χ4n) is 3.17. The first-order chi connectivity index (χ1) is 11.1. The van der Waals surface area contributed by atoms with Gasteiger partial charge < -0.3 is 14.8 Å². The fourth-order valence-corrected chi connectivity index (χ4v) is 3.17. The Morgan fingerprint density at radius 1 is 1.13 bits per heavy atom. The van der Waals surface area contributed by atoms with E-state index >= 15 is 0 Å². The van der Waals surface area contributed by atoms with Crippen molar-refractivity contribution in [3.8, 4) is 11.5 Å². The van der Waals surface area contributed by atoms with Gasteiger partial charge in [-0.2, -0.15) is 0 Å². The molecule has 0 atom stereocenters. The maximum absolute atomic E-state index is 12.3. The van der Waals surface area contributed by atoms with E-state index in [1.807, 2.05) is 13.1 Å². The Bertz CT molecular complexity index is 511. The van der Waals surface area contributed by atoms with Gasteiger partial charge in [0.2, 0.25) is 5.91 Å². The lowest BCUT2D eigenvalue weighted by molar-refractivity contribution is -0.117. The van der Waals surface area contributed by atoms with E-state index in [0.29, 0.717) is 24.1 Å². The first kappa shape index (κ1) is 17.6. The third kappa shape index (κ3) is 5.13. The second-order valence-electron chi connectivity index (χ2n) is 6.18. The Labute approximate surface area is 139 Å². The molecule has 1 aliphatic carbocycles. The van der Waals surface area contributed by atoms with E-state index in [4.69, 9.17) is 9.47 Å². The number of benzene rings is 1. The molecule has 1 N–H and O–H groups in total. The van der Waals surface area contributed by atoms with Crippen LogP contribution in [0.5, 0.6) is 11.5 Å². The highest BCUT2D eigenvalue weighted by Gasteiger charge is 2.19. The normalized spacial score (nSPS) is 16.0. The van der Waals surface area contributed by atoms with Crippen LogP contribution < -0.4 is 14.8 Å². The van der Waals surface area contributed by atoms with Crippen molar-refractivity contribution in [2.45, 2.75) is 44.6 Å². The Balaban J connectivity index is 1.91. The van der Waals surface area contributed by atoms with E-state index < -0.39 is 0 Å². The Morgan fingerprint density at radius 3 is 2.39 bits per heavy atom. The average molecular weight is 320 g/mol. The Hall–Kier alpha value is -1.75. The van der Waals surface area contributed by atoms with Crippen molar-refractivity contribution < 1.29 is 14.3 Å². The molecule has 1 aliphatic rings. The summed E-state index contributed by atoms with van der Waals surface area (Å²) in [6.45, 7) is 0.416. The van der Waals surface area contributed by atoms with Crippen LogP contribution in [-0.2, 0) is 4.79 Å². The topological polar surface area (TPSA) is 50.8 Å². The molecular weight excluding hydrogens is 292 g/mol. The molecule has 0 aliphatic heterocycles. The minimum atomic E-state index is 0.00367. The van der Waals surface area contributed by atoms with Crippen LogP contribution in [0, 0.1) is 0 Å². The summed E-state index contributed by atoms with van der Waals surface area (Å²) in [5.74, 6) is 1.27. The summed E-state index contributed by atoms with van der Waals surface area (Å²) in [6, 6.07) is 5.92. The highest BCUT2D eigenvalue weighted by molar-refractivity contribution is 5.92. The van der Waals surface area contributed by atoms with E-state index in [-0.39, 0.29) is 5.91 Å². The van der Waals surface area contributed by atoms with Crippen molar-refractivity contribution in [3.63, 3.8) is 0 Å². The lowest BCUT2D eigenvalue weighted by atomic mass is 10.1. The van der Waals surface area contributed by atoms with Gasteiger partial charge in [0.05, 0.1) is 20.8 Å². The molecule has 0 bridgehead atoms. The molecule has 23 heavy (non-hydrogen) atoms. The molecule has 1 saturated carbocycles. The molecule has 1 fully saturated rings. The van der Waals surface area contributed by atoms with Crippen molar-refractivity contribution >= 4 is 11.6 Å². The Morgan fingerprint density at radius 2 is 1.78 bits per heavy atom. The lowest BCUT2D eigenvalue weighted by Crippen LogP contribution is -2.37. The van der Waals surface area contributed by atoms with Gasteiger partial charge in [-0.25, -0.2) is 0 Å². The van der Waals surface area contributed by atoms with E-state index in [1.165, 1.54) is 38.5 Å². The molecule has 5 heteroatoms. The molecule has 0 spiro atoms. The van der Waals surface area contributed by atoms with E-state index in [9.17, 15) is 4.79 Å². The van der Waals surface area contributed by atoms with Crippen LogP contribution in [0.15, 0.2) is 18.2 Å². The highest BCUT2D eigenvalue weighted by atomic mass is 16.5. The maximum atomic E-state index is 12.3. The zero-order valence-corrected chi connectivity index (χ0v) is 14.4. The minimum Gasteiger partial charge on any atom is -0.493 e. The molecule has 0 aromatic heterocycles. The molecule has 1 amide bonds. The third-order valence-corrected chi connectivity index (χ3v) is 4.51. The molecule has 0 radical (unpaired) electrons. The van der Waals surface area contributed by atoms with Crippen molar-refractivity contribution in [1.29, 1.82) is 0 Å². The SMILES string of the molecule is COc1ccc(NC(=O)CN(C)C2CCCCCC2)cc1OC. The van der Waals surface area contributed by atoms with Crippen LogP contribution in [0.1, 0.15) is 38.5 Å². The first-order valence-electron chi connectivity index (χ1n) is 8.36. The number of hydrogen-bond acceptors (Lipinski definition) is 4. The minimum absolute atomic E-state index is 0.00367. The van der Waals surface area contributed by atoms with Crippen LogP contribution in [-0.4, -0.2) is 44.7 Å². The summed E-state index contributed by atoms with van der Waals surface area (Å²) in [6.07, 6.45) is 7.57. The number of methoxy groups -OCH3 is 2. The van der Waals surface area contributed by atoms with Gasteiger partial charge in [-0.3, -0.25) is 9.69 Å². The number of likely N-dealkylation sites (N-methyl/N-ethyl adjacent to an activating group) is 1. The second kappa shape index (κ2) is 8.77. The van der Waals surface area contributed by atoms with Gasteiger partial charge >= 0.3 is 0 Å². The molecule has 0 unspecified atom stereocenters. The molecule has 0 heterocycles. The van der Waals surface area contributed by atoms with E-state index in [1.54, 1.807) is 26.4 Å². The number of carbonyl (C=O) groups excluding carboxylic acids is 1. The van der Waals surface area contributed by atoms with Crippen LogP contribution >= 0.6 is 0 Å². The largest absolute Gasteiger partial charge is 0.493 e. The third-order valence-electron chi connectivity index (χ3n) is 4.51. The molecule has 2 rings (SSSR count). The monoisotopic (exact) mass is 320 g/mol. The predicted molar refractivity (Wildman–Crippen MR) is 92.3 cm³/mol. The summed E-state index contributed by atoms with van der Waals surface area (Å²) in [5.41, 5.74) is 0.724. The first-order valence-corrected chi connectivity index (χ1v) is 8.36. The number of nitrogens with zero attached hydrogens (tertiary/aromatic N) is 1. The van der Waals surface area contributed by atoms with Gasteiger partial charge in [-0.1, -0.05) is 25.7 Å². The number of carbonyl (C=O) groups is 1. The van der Waals surface area contributed by atoms with Crippen molar-refractivity contribution in [3.05, 3.63) is 18.2 Å². The van der Waals surface area contributed by atoms with E-state index in [2.05, 4.69) is 10.2 Å². The zero-order valence-electron chi connectivity index (χ0n) is 14.4. The molecule has 1 aromatic carbocycles. The second-order valence-corrected chi connectivity index (χ2v) is 6.18. The number of nitrogens with one attached hydrogen (secondary N) is 1. The molecule has 128 valence electrons. The highest BCUT2D eigenvalue weighted by Crippen LogP contribution is 2.29. The van der Waals surface area contributed by atoms with Gasteiger partial charge in [0.1, 0.15) is 0 Å². The summed E-state index contributed by atoms with van der Waals surface area (Å²) >= 11 is 0. The molecule has 1 aromatic rings. The summed E-state index contributed by atoms with van der Waals surface area (Å²) in [7, 11) is 5.23. The van der Waals surface area contributed by atoms with Gasteiger partial charge in [-0.05, 0) is 32.0 Å². The fraction of sp³-hybridized carbons (Fsp3) is 0.611. The van der Waals surface area contributed by atoms with E-state index in [0.717, 1.165) is 5.69 Å². The Kier molecular flexibility index (Phi) is 6.71. The van der Waals surface area contributed by atoms with Gasteiger partial charge in [0.25, 0.3) is 0 Å².